The number of halogens is 8. The van der Waals surface area contributed by atoms with Crippen LogP contribution in [0.1, 0.15) is 32.6 Å². The van der Waals surface area contributed by atoms with Gasteiger partial charge in [-0.3, -0.25) is 4.90 Å². The van der Waals surface area contributed by atoms with Crippen LogP contribution in [0.15, 0.2) is 0 Å². The van der Waals surface area contributed by atoms with E-state index in [2.05, 4.69) is 4.74 Å². The quantitative estimate of drug-likeness (QED) is 0.674. The molecule has 24 heavy (non-hydrogen) atoms. The maximum atomic E-state index is 14.4. The van der Waals surface area contributed by atoms with Crippen molar-refractivity contribution < 1.29 is 39.9 Å². The van der Waals surface area contributed by atoms with Crippen molar-refractivity contribution >= 4 is 0 Å². The Hall–Kier alpha value is -0.640. The van der Waals surface area contributed by atoms with Gasteiger partial charge in [0.2, 0.25) is 0 Å². The zero-order chi connectivity index (χ0) is 18.3. The second kappa shape index (κ2) is 6.59. The molecule has 4 atom stereocenters. The van der Waals surface area contributed by atoms with Crippen LogP contribution in [0, 0.1) is 0 Å². The molecule has 0 N–H and O–H groups in total. The Morgan fingerprint density at radius 1 is 0.875 bits per heavy atom. The van der Waals surface area contributed by atoms with Crippen molar-refractivity contribution in [1.29, 1.82) is 0 Å². The fourth-order valence-electron chi connectivity index (χ4n) is 3.23. The summed E-state index contributed by atoms with van der Waals surface area (Å²) in [4.78, 5) is 1.49. The van der Waals surface area contributed by atoms with Crippen molar-refractivity contribution in [3.05, 3.63) is 0 Å². The maximum absolute atomic E-state index is 14.4. The summed E-state index contributed by atoms with van der Waals surface area (Å²) in [7, 11) is 0. The number of likely N-dealkylation sites (tertiary alicyclic amines) is 1. The minimum absolute atomic E-state index is 0.434. The minimum atomic E-state index is -5.78. The van der Waals surface area contributed by atoms with Gasteiger partial charge in [0.25, 0.3) is 12.1 Å². The summed E-state index contributed by atoms with van der Waals surface area (Å²) in [5.74, 6) is -8.42. The number of nitrogens with zero attached hydrogens (tertiary/aromatic N) is 1. The number of hydrogen-bond donors (Lipinski definition) is 0. The third kappa shape index (κ3) is 3.63. The zero-order valence-corrected chi connectivity index (χ0v) is 12.9. The van der Waals surface area contributed by atoms with E-state index in [1.54, 1.807) is 0 Å². The first-order valence-electron chi connectivity index (χ1n) is 7.74. The van der Waals surface area contributed by atoms with Gasteiger partial charge in [-0.1, -0.05) is 0 Å². The average Bonchev–Trinajstić information content (AvgIpc) is 3.15. The summed E-state index contributed by atoms with van der Waals surface area (Å²) < 4.78 is 110. The highest BCUT2D eigenvalue weighted by Gasteiger charge is 2.64. The van der Waals surface area contributed by atoms with Gasteiger partial charge in [-0.2, -0.15) is 13.2 Å². The molecule has 0 saturated carbocycles. The molecule has 0 aromatic rings. The van der Waals surface area contributed by atoms with Gasteiger partial charge in [0.05, 0.1) is 6.04 Å². The summed E-state index contributed by atoms with van der Waals surface area (Å²) in [6.07, 6.45) is -14.5. The summed E-state index contributed by atoms with van der Waals surface area (Å²) in [5.41, 5.74) is 0. The normalized spacial score (nSPS) is 29.9. The Morgan fingerprint density at radius 2 is 1.33 bits per heavy atom. The molecule has 2 saturated heterocycles. The van der Waals surface area contributed by atoms with Gasteiger partial charge in [-0.15, -0.1) is 0 Å². The Balaban J connectivity index is 2.06. The number of alkyl halides is 8. The molecule has 2 nitrogen and oxygen atoms in total. The molecule has 10 heteroatoms. The van der Waals surface area contributed by atoms with Crippen LogP contribution in [0.3, 0.4) is 0 Å². The van der Waals surface area contributed by atoms with E-state index in [-0.39, 0.29) is 0 Å². The Morgan fingerprint density at radius 3 is 1.79 bits per heavy atom. The number of rotatable bonds is 5. The van der Waals surface area contributed by atoms with Crippen LogP contribution in [0.4, 0.5) is 35.1 Å². The fourth-order valence-corrected chi connectivity index (χ4v) is 3.23. The number of ether oxygens (including phenoxy) is 1. The highest BCUT2D eigenvalue weighted by Crippen LogP contribution is 2.45. The molecule has 2 aliphatic rings. The van der Waals surface area contributed by atoms with E-state index in [0.29, 0.717) is 13.1 Å². The standard InChI is InChI=1S/C14H19F8NO/c1-8(23-6-2-3-7-23)12(16,17)9-4-5-10(24-9)13(18,19)11(15)14(20,21)22/h8-11H,2-7H2,1H3. The highest BCUT2D eigenvalue weighted by atomic mass is 19.4. The van der Waals surface area contributed by atoms with Gasteiger partial charge in [0, 0.05) is 0 Å². The largest absolute Gasteiger partial charge is 0.425 e. The molecule has 2 rings (SSSR count). The average molecular weight is 369 g/mol. The van der Waals surface area contributed by atoms with Crippen molar-refractivity contribution in [2.45, 2.75) is 75.0 Å². The zero-order valence-electron chi connectivity index (χ0n) is 12.9. The van der Waals surface area contributed by atoms with Crippen molar-refractivity contribution in [2.24, 2.45) is 0 Å². The lowest BCUT2D eigenvalue weighted by Gasteiger charge is -2.35. The van der Waals surface area contributed by atoms with Crippen LogP contribution in [0.25, 0.3) is 0 Å². The van der Waals surface area contributed by atoms with Gasteiger partial charge in [-0.05, 0) is 45.7 Å². The molecule has 2 heterocycles. The molecule has 4 unspecified atom stereocenters. The van der Waals surface area contributed by atoms with Gasteiger partial charge in [0.15, 0.2) is 0 Å². The summed E-state index contributed by atoms with van der Waals surface area (Å²) >= 11 is 0. The summed E-state index contributed by atoms with van der Waals surface area (Å²) in [6, 6.07) is -1.29. The minimum Gasteiger partial charge on any atom is -0.362 e. The lowest BCUT2D eigenvalue weighted by atomic mass is 10.00. The van der Waals surface area contributed by atoms with E-state index in [1.807, 2.05) is 0 Å². The predicted molar refractivity (Wildman–Crippen MR) is 69.0 cm³/mol. The molecule has 0 radical (unpaired) electrons. The van der Waals surface area contributed by atoms with E-state index in [0.717, 1.165) is 12.8 Å². The van der Waals surface area contributed by atoms with Gasteiger partial charge >= 0.3 is 12.1 Å². The Bertz CT molecular complexity index is 435. The lowest BCUT2D eigenvalue weighted by molar-refractivity contribution is -0.278. The molecule has 0 spiro atoms. The van der Waals surface area contributed by atoms with Crippen LogP contribution in [-0.2, 0) is 4.74 Å². The maximum Gasteiger partial charge on any atom is 0.425 e. The van der Waals surface area contributed by atoms with E-state index in [1.165, 1.54) is 11.8 Å². The monoisotopic (exact) mass is 369 g/mol. The second-order valence-corrected chi connectivity index (χ2v) is 6.36. The Kier molecular flexibility index (Phi) is 5.40. The molecule has 2 fully saturated rings. The molecule has 2 aliphatic heterocycles. The van der Waals surface area contributed by atoms with E-state index < -0.39 is 55.3 Å². The third-order valence-electron chi connectivity index (χ3n) is 4.75. The third-order valence-corrected chi connectivity index (χ3v) is 4.75. The lowest BCUT2D eigenvalue weighted by Crippen LogP contribution is -2.53. The van der Waals surface area contributed by atoms with Crippen LogP contribution >= 0.6 is 0 Å². The SMILES string of the molecule is CC(N1CCCC1)C(F)(F)C1CCC(C(F)(F)C(F)C(F)(F)F)O1. The summed E-state index contributed by atoms with van der Waals surface area (Å²) in [6.45, 7) is 2.10. The van der Waals surface area contributed by atoms with Gasteiger partial charge in [0.1, 0.15) is 12.2 Å². The summed E-state index contributed by atoms with van der Waals surface area (Å²) in [5, 5.41) is 0. The molecule has 0 amide bonds. The fraction of sp³-hybridized carbons (Fsp3) is 1.00. The van der Waals surface area contributed by atoms with Crippen LogP contribution in [-0.4, -0.2) is 60.4 Å². The first kappa shape index (κ1) is 19.7. The molecule has 0 aliphatic carbocycles. The van der Waals surface area contributed by atoms with Crippen molar-refractivity contribution in [2.75, 3.05) is 13.1 Å². The van der Waals surface area contributed by atoms with Crippen molar-refractivity contribution in [3.8, 4) is 0 Å². The van der Waals surface area contributed by atoms with Crippen molar-refractivity contribution in [1.82, 2.24) is 4.90 Å². The molecule has 0 aromatic carbocycles. The first-order valence-corrected chi connectivity index (χ1v) is 7.74. The second-order valence-electron chi connectivity index (χ2n) is 6.36. The van der Waals surface area contributed by atoms with Crippen LogP contribution in [0.5, 0.6) is 0 Å². The molecular formula is C14H19F8NO. The van der Waals surface area contributed by atoms with Crippen molar-refractivity contribution in [3.63, 3.8) is 0 Å². The van der Waals surface area contributed by atoms with E-state index >= 15 is 0 Å². The molecule has 142 valence electrons. The smallest absolute Gasteiger partial charge is 0.362 e. The Labute approximate surface area is 134 Å². The molecule has 0 bridgehead atoms. The highest BCUT2D eigenvalue weighted by molar-refractivity contribution is 4.99. The van der Waals surface area contributed by atoms with Gasteiger partial charge < -0.3 is 4.74 Å². The van der Waals surface area contributed by atoms with E-state index in [9.17, 15) is 35.1 Å². The number of hydrogen-bond acceptors (Lipinski definition) is 2. The predicted octanol–water partition coefficient (Wildman–Crippen LogP) is 4.19. The van der Waals surface area contributed by atoms with E-state index in [4.69, 9.17) is 0 Å². The molecular weight excluding hydrogens is 350 g/mol. The topological polar surface area (TPSA) is 12.5 Å². The van der Waals surface area contributed by atoms with Crippen LogP contribution in [0.2, 0.25) is 0 Å². The van der Waals surface area contributed by atoms with Crippen LogP contribution < -0.4 is 0 Å². The first-order chi connectivity index (χ1) is 10.9. The van der Waals surface area contributed by atoms with Gasteiger partial charge in [-0.25, -0.2) is 22.0 Å². The molecule has 0 aromatic heterocycles.